The zero-order valence-corrected chi connectivity index (χ0v) is 7.51. The summed E-state index contributed by atoms with van der Waals surface area (Å²) in [6.45, 7) is 6.31. The fourth-order valence-electron chi connectivity index (χ4n) is 0.695. The minimum absolute atomic E-state index is 0.0231. The highest BCUT2D eigenvalue weighted by Gasteiger charge is 1.91. The predicted molar refractivity (Wildman–Crippen MR) is 49.4 cm³/mol. The lowest BCUT2D eigenvalue weighted by Gasteiger charge is -2.11. The van der Waals surface area contributed by atoms with Crippen molar-refractivity contribution in [3.8, 4) is 0 Å². The third kappa shape index (κ3) is 7.37. The molecule has 0 radical (unpaired) electrons. The first kappa shape index (κ1) is 11.3. The molecule has 0 spiro atoms. The quantitative estimate of drug-likeness (QED) is 0.438. The van der Waals surface area contributed by atoms with Crippen LogP contribution in [0, 0.1) is 0 Å². The Morgan fingerprint density at radius 2 is 1.67 bits per heavy atom. The number of piperazine rings is 1. The summed E-state index contributed by atoms with van der Waals surface area (Å²) >= 11 is 0. The number of hydrogen-bond donors (Lipinski definition) is 4. The third-order valence-electron chi connectivity index (χ3n) is 1.47. The number of allylic oxidation sites excluding steroid dienone is 1. The molecular formula is C8H18N2O2. The summed E-state index contributed by atoms with van der Waals surface area (Å²) in [7, 11) is 0. The van der Waals surface area contributed by atoms with Crippen LogP contribution in [-0.2, 0) is 0 Å². The zero-order chi connectivity index (χ0) is 9.23. The normalized spacial score (nSPS) is 17.9. The fourth-order valence-corrected chi connectivity index (χ4v) is 0.695. The van der Waals surface area contributed by atoms with Gasteiger partial charge in [0.05, 0.1) is 0 Å². The smallest absolute Gasteiger partial charge is 0.126 e. The highest BCUT2D eigenvalue weighted by molar-refractivity contribution is 4.79. The molecule has 0 aliphatic carbocycles. The van der Waals surface area contributed by atoms with Crippen molar-refractivity contribution >= 4 is 0 Å². The van der Waals surface area contributed by atoms with Crippen molar-refractivity contribution in [2.24, 2.45) is 0 Å². The number of hydrogen-bond acceptors (Lipinski definition) is 4. The topological polar surface area (TPSA) is 64.5 Å². The van der Waals surface area contributed by atoms with E-state index in [0.717, 1.165) is 26.2 Å². The van der Waals surface area contributed by atoms with Gasteiger partial charge in [0, 0.05) is 32.6 Å². The molecule has 0 aromatic carbocycles. The second-order valence-corrected chi connectivity index (χ2v) is 2.47. The minimum Gasteiger partial charge on any atom is -0.512 e. The van der Waals surface area contributed by atoms with Crippen LogP contribution in [0.15, 0.2) is 12.0 Å². The summed E-state index contributed by atoms with van der Waals surface area (Å²) in [5.74, 6) is 0.0231. The monoisotopic (exact) mass is 174 g/mol. The molecule has 1 fully saturated rings. The molecule has 0 bridgehead atoms. The molecule has 0 aromatic heterocycles. The van der Waals surface area contributed by atoms with Gasteiger partial charge in [0.1, 0.15) is 12.0 Å². The van der Waals surface area contributed by atoms with Crippen molar-refractivity contribution < 1.29 is 10.2 Å². The molecule has 0 atom stereocenters. The molecule has 0 amide bonds. The van der Waals surface area contributed by atoms with Crippen LogP contribution in [0.4, 0.5) is 0 Å². The Morgan fingerprint density at radius 3 is 1.75 bits per heavy atom. The summed E-state index contributed by atoms with van der Waals surface area (Å²) in [5, 5.41) is 22.6. The van der Waals surface area contributed by atoms with Gasteiger partial charge >= 0.3 is 0 Å². The fraction of sp³-hybridized carbons (Fsp3) is 0.750. The van der Waals surface area contributed by atoms with Crippen molar-refractivity contribution in [2.75, 3.05) is 26.2 Å². The number of rotatable bonds is 1. The molecule has 0 aromatic rings. The molecule has 1 aliphatic heterocycles. The second-order valence-electron chi connectivity index (χ2n) is 2.47. The molecule has 0 unspecified atom stereocenters. The summed E-state index contributed by atoms with van der Waals surface area (Å²) in [4.78, 5) is 0. The maximum atomic E-state index is 8.28. The Hall–Kier alpha value is -0.740. The molecule has 4 N–H and O–H groups in total. The van der Waals surface area contributed by atoms with E-state index in [1.807, 2.05) is 0 Å². The van der Waals surface area contributed by atoms with E-state index in [9.17, 15) is 0 Å². The molecule has 12 heavy (non-hydrogen) atoms. The van der Waals surface area contributed by atoms with Gasteiger partial charge in [0.15, 0.2) is 0 Å². The third-order valence-corrected chi connectivity index (χ3v) is 1.47. The van der Waals surface area contributed by atoms with E-state index in [4.69, 9.17) is 10.2 Å². The average Bonchev–Trinajstić information content (AvgIpc) is 2.20. The van der Waals surface area contributed by atoms with Crippen LogP contribution in [0.2, 0.25) is 0 Å². The minimum atomic E-state index is 0.0231. The van der Waals surface area contributed by atoms with Crippen molar-refractivity contribution in [2.45, 2.75) is 13.3 Å². The first-order valence-electron chi connectivity index (χ1n) is 4.25. The van der Waals surface area contributed by atoms with Crippen LogP contribution in [-0.4, -0.2) is 36.4 Å². The summed E-state index contributed by atoms with van der Waals surface area (Å²) in [5.41, 5.74) is 0. The summed E-state index contributed by atoms with van der Waals surface area (Å²) < 4.78 is 0. The first-order valence-corrected chi connectivity index (χ1v) is 4.25. The Balaban J connectivity index is 0.000000202. The molecular weight excluding hydrogens is 156 g/mol. The van der Waals surface area contributed by atoms with Crippen molar-refractivity contribution in [1.29, 1.82) is 0 Å². The molecule has 1 aliphatic rings. The second kappa shape index (κ2) is 8.36. The molecule has 0 saturated carbocycles. The van der Waals surface area contributed by atoms with Crippen LogP contribution in [0.3, 0.4) is 0 Å². The first-order chi connectivity index (χ1) is 5.81. The van der Waals surface area contributed by atoms with Crippen LogP contribution in [0.25, 0.3) is 0 Å². The number of nitrogens with one attached hydrogen (secondary N) is 2. The highest BCUT2D eigenvalue weighted by Crippen LogP contribution is 1.88. The maximum Gasteiger partial charge on any atom is 0.126 e. The Bertz CT molecular complexity index is 111. The Labute approximate surface area is 73.3 Å². The van der Waals surface area contributed by atoms with Gasteiger partial charge in [-0.15, -0.1) is 0 Å². The lowest BCUT2D eigenvalue weighted by atomic mass is 10.4. The molecule has 4 heteroatoms. The van der Waals surface area contributed by atoms with Crippen molar-refractivity contribution in [3.63, 3.8) is 0 Å². The van der Waals surface area contributed by atoms with Gasteiger partial charge < -0.3 is 20.8 Å². The summed E-state index contributed by atoms with van der Waals surface area (Å²) in [6, 6.07) is 0. The predicted octanol–water partition coefficient (Wildman–Crippen LogP) is 0.533. The van der Waals surface area contributed by atoms with Crippen LogP contribution in [0.1, 0.15) is 13.3 Å². The Kier molecular flexibility index (Phi) is 7.84. The number of aliphatic hydroxyl groups excluding tert-OH is 2. The van der Waals surface area contributed by atoms with Crippen LogP contribution in [0.5, 0.6) is 0 Å². The molecule has 1 saturated heterocycles. The number of aliphatic hydroxyl groups is 2. The molecule has 1 heterocycles. The average molecular weight is 174 g/mol. The molecule has 1 rings (SSSR count). The van der Waals surface area contributed by atoms with Crippen LogP contribution >= 0.6 is 0 Å². The molecule has 72 valence electrons. The van der Waals surface area contributed by atoms with Gasteiger partial charge in [0.2, 0.25) is 0 Å². The van der Waals surface area contributed by atoms with E-state index in [0.29, 0.717) is 12.7 Å². The molecule has 4 nitrogen and oxygen atoms in total. The van der Waals surface area contributed by atoms with E-state index in [1.54, 1.807) is 6.92 Å². The highest BCUT2D eigenvalue weighted by atomic mass is 16.3. The van der Waals surface area contributed by atoms with Gasteiger partial charge in [0.25, 0.3) is 0 Å². The lowest BCUT2D eigenvalue weighted by molar-refractivity contribution is 0.348. The van der Waals surface area contributed by atoms with Gasteiger partial charge in [-0.25, -0.2) is 0 Å². The van der Waals surface area contributed by atoms with E-state index in [-0.39, 0.29) is 5.76 Å². The summed E-state index contributed by atoms with van der Waals surface area (Å²) in [6.07, 6.45) is 1.19. The van der Waals surface area contributed by atoms with Gasteiger partial charge in [-0.1, -0.05) is 6.92 Å². The van der Waals surface area contributed by atoms with Crippen molar-refractivity contribution in [3.05, 3.63) is 12.0 Å². The van der Waals surface area contributed by atoms with Crippen LogP contribution < -0.4 is 10.6 Å². The van der Waals surface area contributed by atoms with Gasteiger partial charge in [-0.2, -0.15) is 0 Å². The van der Waals surface area contributed by atoms with E-state index in [2.05, 4.69) is 10.6 Å². The standard InChI is InChI=1S/C4H10N2.C4H8O2/c1-2-6-4-3-5-1;1-2-4(6)3-5/h5-6H,1-4H2;3,5-6H,2H2,1H3. The lowest BCUT2D eigenvalue weighted by Crippen LogP contribution is -2.39. The van der Waals surface area contributed by atoms with E-state index >= 15 is 0 Å². The maximum absolute atomic E-state index is 8.28. The Morgan fingerprint density at radius 1 is 1.25 bits per heavy atom. The van der Waals surface area contributed by atoms with Gasteiger partial charge in [-0.05, 0) is 0 Å². The van der Waals surface area contributed by atoms with E-state index in [1.165, 1.54) is 0 Å². The zero-order valence-electron chi connectivity index (χ0n) is 7.51. The van der Waals surface area contributed by atoms with Crippen molar-refractivity contribution in [1.82, 2.24) is 10.6 Å². The van der Waals surface area contributed by atoms with Gasteiger partial charge in [-0.3, -0.25) is 0 Å². The largest absolute Gasteiger partial charge is 0.512 e. The SMILES string of the molecule is C1CNCCN1.CCC(O)=CO. The van der Waals surface area contributed by atoms with E-state index < -0.39 is 0 Å².